The van der Waals surface area contributed by atoms with Crippen LogP contribution in [0.2, 0.25) is 0 Å². The van der Waals surface area contributed by atoms with Crippen molar-refractivity contribution in [3.8, 4) is 0 Å². The van der Waals surface area contributed by atoms with Crippen LogP contribution in [0.5, 0.6) is 0 Å². The number of carbonyl (C=O) groups is 1. The molecule has 2 aliphatic rings. The molecule has 0 radical (unpaired) electrons. The topological polar surface area (TPSA) is 57.7 Å². The zero-order valence-corrected chi connectivity index (χ0v) is 18.3. The first-order valence-corrected chi connectivity index (χ1v) is 12.1. The smallest absolute Gasteiger partial charge is 0.254 e. The molecule has 2 aromatic rings. The van der Waals surface area contributed by atoms with Crippen molar-refractivity contribution >= 4 is 37.5 Å². The summed E-state index contributed by atoms with van der Waals surface area (Å²) in [6, 6.07) is 13.5. The van der Waals surface area contributed by atoms with Gasteiger partial charge in [0.25, 0.3) is 5.91 Å². The van der Waals surface area contributed by atoms with Crippen molar-refractivity contribution in [2.24, 2.45) is 0 Å². The average molecular weight is 463 g/mol. The van der Waals surface area contributed by atoms with E-state index in [-0.39, 0.29) is 18.0 Å². The van der Waals surface area contributed by atoms with Gasteiger partial charge in [0.2, 0.25) is 10.0 Å². The Morgan fingerprint density at radius 1 is 1.14 bits per heavy atom. The van der Waals surface area contributed by atoms with E-state index in [1.807, 2.05) is 30.0 Å². The van der Waals surface area contributed by atoms with Crippen molar-refractivity contribution in [2.75, 3.05) is 17.1 Å². The van der Waals surface area contributed by atoms with Crippen LogP contribution in [-0.4, -0.2) is 38.1 Å². The van der Waals surface area contributed by atoms with E-state index in [2.05, 4.69) is 28.1 Å². The van der Waals surface area contributed by atoms with Crippen LogP contribution in [0.15, 0.2) is 46.9 Å². The molecule has 2 atom stereocenters. The lowest BCUT2D eigenvalue weighted by Gasteiger charge is -2.26. The first-order valence-electron chi connectivity index (χ1n) is 9.44. The number of nitrogens with zero attached hydrogens (tertiary/aromatic N) is 2. The summed E-state index contributed by atoms with van der Waals surface area (Å²) in [5.41, 5.74) is 3.39. The molecule has 0 bridgehead atoms. The second kappa shape index (κ2) is 7.19. The summed E-state index contributed by atoms with van der Waals surface area (Å²) in [6.45, 7) is 2.63. The van der Waals surface area contributed by atoms with Crippen LogP contribution in [0, 0.1) is 0 Å². The summed E-state index contributed by atoms with van der Waals surface area (Å²) in [6.07, 6.45) is 3.79. The van der Waals surface area contributed by atoms with Crippen LogP contribution < -0.4 is 4.31 Å². The van der Waals surface area contributed by atoms with Gasteiger partial charge in [-0.2, -0.15) is 0 Å². The van der Waals surface area contributed by atoms with Crippen LogP contribution in [0.4, 0.5) is 5.69 Å². The Morgan fingerprint density at radius 2 is 1.86 bits per heavy atom. The number of hydrogen-bond donors (Lipinski definition) is 0. The summed E-state index contributed by atoms with van der Waals surface area (Å²) in [5.74, 6) is 0.0127. The predicted molar refractivity (Wildman–Crippen MR) is 114 cm³/mol. The molecule has 0 aliphatic carbocycles. The molecule has 28 heavy (non-hydrogen) atoms. The molecular weight excluding hydrogens is 440 g/mol. The fraction of sp³-hybridized carbons (Fsp3) is 0.381. The first kappa shape index (κ1) is 19.5. The number of likely N-dealkylation sites (tertiary alicyclic amines) is 1. The van der Waals surface area contributed by atoms with Gasteiger partial charge in [-0.25, -0.2) is 8.42 Å². The zero-order chi connectivity index (χ0) is 20.1. The maximum absolute atomic E-state index is 13.2. The maximum atomic E-state index is 13.2. The van der Waals surface area contributed by atoms with Crippen LogP contribution in [0.1, 0.15) is 47.3 Å². The van der Waals surface area contributed by atoms with Crippen molar-refractivity contribution in [1.82, 2.24) is 4.90 Å². The molecule has 2 heterocycles. The number of anilines is 1. The van der Waals surface area contributed by atoms with E-state index in [0.29, 0.717) is 17.7 Å². The summed E-state index contributed by atoms with van der Waals surface area (Å²) >= 11 is 3.46. The molecule has 0 aromatic heterocycles. The number of rotatable bonds is 3. The third kappa shape index (κ3) is 3.46. The molecule has 2 aliphatic heterocycles. The number of benzene rings is 2. The lowest BCUT2D eigenvalue weighted by molar-refractivity contribution is 0.0735. The lowest BCUT2D eigenvalue weighted by atomic mass is 10.0. The highest BCUT2D eigenvalue weighted by Gasteiger charge is 2.35. The normalized spacial score (nSPS) is 21.8. The summed E-state index contributed by atoms with van der Waals surface area (Å²) in [5, 5.41) is 0. The Labute approximate surface area is 174 Å². The van der Waals surface area contributed by atoms with Crippen molar-refractivity contribution < 1.29 is 13.2 Å². The van der Waals surface area contributed by atoms with Gasteiger partial charge in [0.1, 0.15) is 0 Å². The van der Waals surface area contributed by atoms with Crippen LogP contribution >= 0.6 is 15.9 Å². The van der Waals surface area contributed by atoms with E-state index >= 15 is 0 Å². The number of carbonyl (C=O) groups excluding carboxylic acids is 1. The molecule has 1 amide bonds. The minimum absolute atomic E-state index is 0.0127. The van der Waals surface area contributed by atoms with Crippen molar-refractivity contribution in [1.29, 1.82) is 0 Å². The minimum atomic E-state index is -3.33. The molecule has 4 rings (SSSR count). The quantitative estimate of drug-likeness (QED) is 0.688. The number of fused-ring (bicyclic) bond motifs is 1. The third-order valence-electron chi connectivity index (χ3n) is 5.61. The van der Waals surface area contributed by atoms with E-state index in [0.717, 1.165) is 35.0 Å². The van der Waals surface area contributed by atoms with Crippen molar-refractivity contribution in [2.45, 2.75) is 38.3 Å². The number of hydrogen-bond acceptors (Lipinski definition) is 3. The molecule has 7 heteroatoms. The van der Waals surface area contributed by atoms with E-state index in [1.54, 1.807) is 12.1 Å². The van der Waals surface area contributed by atoms with Gasteiger partial charge >= 0.3 is 0 Å². The fourth-order valence-corrected chi connectivity index (χ4v) is 5.98. The van der Waals surface area contributed by atoms with Gasteiger partial charge in [0.05, 0.1) is 18.0 Å². The SMILES string of the molecule is CC1Cc2cc(C(=O)N3CCCC3c3ccc(Br)cc3)ccc2N1S(C)(=O)=O. The minimum Gasteiger partial charge on any atom is -0.332 e. The maximum Gasteiger partial charge on any atom is 0.254 e. The molecule has 0 saturated carbocycles. The van der Waals surface area contributed by atoms with Crippen LogP contribution in [0.25, 0.3) is 0 Å². The Hall–Kier alpha value is -1.86. The number of sulfonamides is 1. The van der Waals surface area contributed by atoms with Crippen molar-refractivity contribution in [3.05, 3.63) is 63.6 Å². The van der Waals surface area contributed by atoms with Crippen molar-refractivity contribution in [3.63, 3.8) is 0 Å². The highest BCUT2D eigenvalue weighted by atomic mass is 79.9. The second-order valence-electron chi connectivity index (χ2n) is 7.66. The average Bonchev–Trinajstić information content (AvgIpc) is 3.24. The van der Waals surface area contributed by atoms with Gasteiger partial charge in [0.15, 0.2) is 0 Å². The van der Waals surface area contributed by atoms with E-state index in [1.165, 1.54) is 10.6 Å². The summed E-state index contributed by atoms with van der Waals surface area (Å²) in [4.78, 5) is 15.2. The third-order valence-corrected chi connectivity index (χ3v) is 7.41. The molecule has 0 spiro atoms. The van der Waals surface area contributed by atoms with Gasteiger partial charge in [0, 0.05) is 22.6 Å². The fourth-order valence-electron chi connectivity index (χ4n) is 4.45. The second-order valence-corrected chi connectivity index (χ2v) is 10.4. The molecule has 0 N–H and O–H groups in total. The first-order chi connectivity index (χ1) is 13.3. The van der Waals surface area contributed by atoms with E-state index < -0.39 is 10.0 Å². The molecule has 1 fully saturated rings. The highest BCUT2D eigenvalue weighted by molar-refractivity contribution is 9.10. The monoisotopic (exact) mass is 462 g/mol. The summed E-state index contributed by atoms with van der Waals surface area (Å²) in [7, 11) is -3.33. The molecule has 5 nitrogen and oxygen atoms in total. The Bertz CT molecular complexity index is 1020. The Morgan fingerprint density at radius 3 is 2.54 bits per heavy atom. The standard InChI is InChI=1S/C21H23BrN2O3S/c1-14-12-17-13-16(7-10-20(17)24(14)28(2,26)27)21(25)23-11-3-4-19(23)15-5-8-18(22)9-6-15/h5-10,13-14,19H,3-4,11-12H2,1-2H3. The van der Waals surface area contributed by atoms with Crippen LogP contribution in [0.3, 0.4) is 0 Å². The zero-order valence-electron chi connectivity index (χ0n) is 15.9. The Kier molecular flexibility index (Phi) is 5.00. The number of amides is 1. The molecule has 148 valence electrons. The van der Waals surface area contributed by atoms with E-state index in [4.69, 9.17) is 0 Å². The predicted octanol–water partition coefficient (Wildman–Crippen LogP) is 4.14. The van der Waals surface area contributed by atoms with Gasteiger partial charge in [-0.1, -0.05) is 28.1 Å². The number of halogens is 1. The van der Waals surface area contributed by atoms with Crippen LogP contribution in [-0.2, 0) is 16.4 Å². The summed E-state index contributed by atoms with van der Waals surface area (Å²) < 4.78 is 26.7. The van der Waals surface area contributed by atoms with Gasteiger partial charge in [-0.3, -0.25) is 9.10 Å². The van der Waals surface area contributed by atoms with Gasteiger partial charge < -0.3 is 4.90 Å². The molecule has 2 unspecified atom stereocenters. The highest BCUT2D eigenvalue weighted by Crippen LogP contribution is 2.37. The molecule has 2 aromatic carbocycles. The Balaban J connectivity index is 1.62. The van der Waals surface area contributed by atoms with E-state index in [9.17, 15) is 13.2 Å². The molecule has 1 saturated heterocycles. The van der Waals surface area contributed by atoms with Gasteiger partial charge in [-0.05, 0) is 67.6 Å². The lowest BCUT2D eigenvalue weighted by Crippen LogP contribution is -2.34. The molecular formula is C21H23BrN2O3S. The van der Waals surface area contributed by atoms with Gasteiger partial charge in [-0.15, -0.1) is 0 Å². The largest absolute Gasteiger partial charge is 0.332 e.